The standard InChI is InChI=1S/C30H37ClN2O6/c1-20-12-10-13-21(31)24(20)32-17-11-15-30-22(23-28(37)38-19-9-5-6-14-29(23,2)39-30)26(35)33(25(30)27(32)36)16-7-3-4-8-18-34/h6,10-15,22-23,25,34H,3-5,7-9,16-19H2,1-2H3/b14-6-/t22-,23-,25?,29+,30-/m0/s1. The fourth-order valence-corrected chi connectivity index (χ4v) is 7.11. The quantitative estimate of drug-likeness (QED) is 0.310. The predicted molar refractivity (Wildman–Crippen MR) is 147 cm³/mol. The number of anilines is 1. The van der Waals surface area contributed by atoms with E-state index in [2.05, 4.69) is 0 Å². The average Bonchev–Trinajstić information content (AvgIpc) is 3.24. The number of aryl methyl sites for hydroxylation is 1. The van der Waals surface area contributed by atoms with Gasteiger partial charge in [0.15, 0.2) is 0 Å². The summed E-state index contributed by atoms with van der Waals surface area (Å²) >= 11 is 6.60. The maximum absolute atomic E-state index is 14.5. The number of hydrogen-bond acceptors (Lipinski definition) is 6. The maximum Gasteiger partial charge on any atom is 0.313 e. The number of amides is 2. The summed E-state index contributed by atoms with van der Waals surface area (Å²) in [5.74, 6) is -2.79. The van der Waals surface area contributed by atoms with Crippen molar-refractivity contribution in [2.24, 2.45) is 11.8 Å². The second-order valence-electron chi connectivity index (χ2n) is 11.1. The van der Waals surface area contributed by atoms with E-state index in [1.54, 1.807) is 15.9 Å². The lowest BCUT2D eigenvalue weighted by Gasteiger charge is -2.37. The lowest BCUT2D eigenvalue weighted by Crippen LogP contribution is -2.56. The molecule has 4 aliphatic rings. The van der Waals surface area contributed by atoms with Gasteiger partial charge in [-0.1, -0.05) is 60.9 Å². The number of esters is 1. The van der Waals surface area contributed by atoms with Crippen molar-refractivity contribution in [3.8, 4) is 0 Å². The number of benzene rings is 1. The molecule has 2 amide bonds. The fourth-order valence-electron chi connectivity index (χ4n) is 6.79. The summed E-state index contributed by atoms with van der Waals surface area (Å²) in [6, 6.07) is 4.53. The molecule has 5 rings (SSSR count). The van der Waals surface area contributed by atoms with Gasteiger partial charge in [0.1, 0.15) is 17.6 Å². The molecule has 5 atom stereocenters. The van der Waals surface area contributed by atoms with Crippen LogP contribution in [0.5, 0.6) is 0 Å². The highest BCUT2D eigenvalue weighted by atomic mass is 35.5. The molecule has 4 heterocycles. The van der Waals surface area contributed by atoms with Crippen molar-refractivity contribution >= 4 is 35.1 Å². The summed E-state index contributed by atoms with van der Waals surface area (Å²) in [4.78, 5) is 45.5. The van der Waals surface area contributed by atoms with E-state index < -0.39 is 35.0 Å². The first kappa shape index (κ1) is 27.9. The first-order chi connectivity index (χ1) is 18.7. The van der Waals surface area contributed by atoms with E-state index in [4.69, 9.17) is 26.2 Å². The Morgan fingerprint density at radius 1 is 1.05 bits per heavy atom. The van der Waals surface area contributed by atoms with Crippen LogP contribution in [0.2, 0.25) is 5.02 Å². The molecule has 8 nitrogen and oxygen atoms in total. The highest BCUT2D eigenvalue weighted by molar-refractivity contribution is 6.34. The Hall–Kier alpha value is -2.68. The van der Waals surface area contributed by atoms with Gasteiger partial charge in [-0.3, -0.25) is 14.4 Å². The molecule has 0 bridgehead atoms. The van der Waals surface area contributed by atoms with E-state index >= 15 is 0 Å². The second kappa shape index (κ2) is 11.1. The minimum atomic E-state index is -1.33. The number of ether oxygens (including phenoxy) is 2. The SMILES string of the molecule is Cc1cccc(Cl)c1N1CC=C[C@]23O[C@]4(C)/C=C\CCCOC(=O)[C@@H]4[C@H]2C(=O)N(CCCCCCO)C3C1=O. The molecule has 2 saturated heterocycles. The van der Waals surface area contributed by atoms with Crippen LogP contribution >= 0.6 is 11.6 Å². The van der Waals surface area contributed by atoms with E-state index in [0.717, 1.165) is 24.8 Å². The second-order valence-corrected chi connectivity index (χ2v) is 11.5. The number of allylic oxidation sites excluding steroid dienone is 1. The molecule has 210 valence electrons. The van der Waals surface area contributed by atoms with Crippen LogP contribution in [0.3, 0.4) is 0 Å². The molecule has 1 aromatic rings. The van der Waals surface area contributed by atoms with Crippen LogP contribution in [0.15, 0.2) is 42.5 Å². The summed E-state index contributed by atoms with van der Waals surface area (Å²) in [5, 5.41) is 9.60. The van der Waals surface area contributed by atoms with Gasteiger partial charge in [0.2, 0.25) is 5.91 Å². The number of halogens is 1. The Kier molecular flexibility index (Phi) is 7.91. The van der Waals surface area contributed by atoms with Gasteiger partial charge in [0.05, 0.1) is 28.8 Å². The molecule has 39 heavy (non-hydrogen) atoms. The smallest absolute Gasteiger partial charge is 0.313 e. The monoisotopic (exact) mass is 556 g/mol. The van der Waals surface area contributed by atoms with Crippen molar-refractivity contribution in [3.63, 3.8) is 0 Å². The number of nitrogens with zero attached hydrogens (tertiary/aromatic N) is 2. The van der Waals surface area contributed by atoms with E-state index in [1.165, 1.54) is 0 Å². The van der Waals surface area contributed by atoms with Gasteiger partial charge in [-0.2, -0.15) is 0 Å². The van der Waals surface area contributed by atoms with Crippen molar-refractivity contribution in [2.45, 2.75) is 69.6 Å². The number of hydrogen-bond donors (Lipinski definition) is 1. The number of carbonyl (C=O) groups excluding carboxylic acids is 3. The number of para-hydroxylation sites is 1. The van der Waals surface area contributed by atoms with E-state index in [0.29, 0.717) is 36.5 Å². The van der Waals surface area contributed by atoms with Crippen molar-refractivity contribution in [2.75, 3.05) is 31.2 Å². The maximum atomic E-state index is 14.5. The van der Waals surface area contributed by atoms with Crippen molar-refractivity contribution in [3.05, 3.63) is 53.1 Å². The molecule has 9 heteroatoms. The zero-order chi connectivity index (χ0) is 27.8. The molecular formula is C30H37ClN2O6. The van der Waals surface area contributed by atoms with Gasteiger partial charge in [0.25, 0.3) is 5.91 Å². The molecule has 1 spiro atoms. The molecule has 0 saturated carbocycles. The first-order valence-electron chi connectivity index (χ1n) is 14.0. The van der Waals surface area contributed by atoms with Crippen LogP contribution in [-0.2, 0) is 23.9 Å². The Morgan fingerprint density at radius 3 is 2.62 bits per heavy atom. The minimum Gasteiger partial charge on any atom is -0.465 e. The Labute approximate surface area is 234 Å². The van der Waals surface area contributed by atoms with Crippen LogP contribution in [0.1, 0.15) is 51.0 Å². The van der Waals surface area contributed by atoms with E-state index in [1.807, 2.05) is 50.3 Å². The Balaban J connectivity index is 1.60. The van der Waals surface area contributed by atoms with Crippen LogP contribution in [0.4, 0.5) is 5.69 Å². The molecule has 0 radical (unpaired) electrons. The third kappa shape index (κ3) is 4.70. The lowest BCUT2D eigenvalue weighted by molar-refractivity contribution is -0.158. The van der Waals surface area contributed by atoms with Gasteiger partial charge >= 0.3 is 5.97 Å². The molecular weight excluding hydrogens is 520 g/mol. The van der Waals surface area contributed by atoms with Crippen molar-refractivity contribution in [1.29, 1.82) is 0 Å². The number of fused-ring (bicyclic) bond motifs is 2. The van der Waals surface area contributed by atoms with E-state index in [-0.39, 0.29) is 31.6 Å². The number of cyclic esters (lactones) is 1. The van der Waals surface area contributed by atoms with Crippen LogP contribution in [-0.4, -0.2) is 71.3 Å². The molecule has 4 aliphatic heterocycles. The topological polar surface area (TPSA) is 96.4 Å². The number of carbonyl (C=O) groups is 3. The third-order valence-electron chi connectivity index (χ3n) is 8.52. The summed E-state index contributed by atoms with van der Waals surface area (Å²) in [7, 11) is 0. The van der Waals surface area contributed by atoms with Gasteiger partial charge in [-0.05, 0) is 51.2 Å². The Morgan fingerprint density at radius 2 is 1.85 bits per heavy atom. The summed E-state index contributed by atoms with van der Waals surface area (Å²) in [6.07, 6.45) is 11.9. The molecule has 1 N–H and O–H groups in total. The van der Waals surface area contributed by atoms with Crippen LogP contribution in [0.25, 0.3) is 0 Å². The van der Waals surface area contributed by atoms with Crippen LogP contribution in [0, 0.1) is 18.8 Å². The normalized spacial score (nSPS) is 33.0. The number of unbranched alkanes of at least 4 members (excludes halogenated alkanes) is 3. The van der Waals surface area contributed by atoms with Crippen molar-refractivity contribution in [1.82, 2.24) is 4.90 Å². The van der Waals surface area contributed by atoms with Crippen LogP contribution < -0.4 is 4.90 Å². The highest BCUT2D eigenvalue weighted by Gasteiger charge is 2.74. The Bertz CT molecular complexity index is 1180. The lowest BCUT2D eigenvalue weighted by atomic mass is 9.74. The van der Waals surface area contributed by atoms with Gasteiger partial charge < -0.3 is 24.4 Å². The number of aliphatic hydroxyl groups is 1. The third-order valence-corrected chi connectivity index (χ3v) is 8.82. The number of rotatable bonds is 7. The molecule has 1 aromatic carbocycles. The zero-order valence-corrected chi connectivity index (χ0v) is 23.4. The van der Waals surface area contributed by atoms with E-state index in [9.17, 15) is 14.4 Å². The first-order valence-corrected chi connectivity index (χ1v) is 14.3. The van der Waals surface area contributed by atoms with Gasteiger partial charge in [-0.25, -0.2) is 0 Å². The number of aliphatic hydroxyl groups excluding tert-OH is 1. The molecule has 0 aromatic heterocycles. The molecule has 2 fully saturated rings. The average molecular weight is 557 g/mol. The van der Waals surface area contributed by atoms with Crippen molar-refractivity contribution < 1.29 is 29.0 Å². The van der Waals surface area contributed by atoms with Gasteiger partial charge in [-0.15, -0.1) is 0 Å². The molecule has 0 aliphatic carbocycles. The minimum absolute atomic E-state index is 0.121. The zero-order valence-electron chi connectivity index (χ0n) is 22.6. The highest BCUT2D eigenvalue weighted by Crippen LogP contribution is 2.57. The summed E-state index contributed by atoms with van der Waals surface area (Å²) < 4.78 is 12.4. The summed E-state index contributed by atoms with van der Waals surface area (Å²) in [6.45, 7) is 4.72. The predicted octanol–water partition coefficient (Wildman–Crippen LogP) is 3.97. The molecule has 1 unspecified atom stereocenters. The summed E-state index contributed by atoms with van der Waals surface area (Å²) in [5.41, 5.74) is -0.977. The fraction of sp³-hybridized carbons (Fsp3) is 0.567. The van der Waals surface area contributed by atoms with Gasteiger partial charge in [0, 0.05) is 19.7 Å². The number of likely N-dealkylation sites (tertiary alicyclic amines) is 1. The largest absolute Gasteiger partial charge is 0.465 e.